The van der Waals surface area contributed by atoms with Crippen LogP contribution in [0, 0.1) is 0 Å². The van der Waals surface area contributed by atoms with E-state index in [9.17, 15) is 28.9 Å². The number of aliphatic hydroxyl groups is 1. The number of carbonyl (C=O) groups excluding carboxylic acids is 3. The van der Waals surface area contributed by atoms with E-state index in [1.165, 1.54) is 122 Å². The van der Waals surface area contributed by atoms with Gasteiger partial charge in [0.15, 0.2) is 6.10 Å². The third-order valence-electron chi connectivity index (χ3n) is 13.2. The van der Waals surface area contributed by atoms with E-state index in [4.69, 9.17) is 23.3 Å². The Morgan fingerprint density at radius 2 is 0.662 bits per heavy atom. The number of carbonyl (C=O) groups is 3. The van der Waals surface area contributed by atoms with E-state index in [-0.39, 0.29) is 25.9 Å². The molecule has 0 aliphatic carbocycles. The summed E-state index contributed by atoms with van der Waals surface area (Å²) in [7, 11) is -4.75. The number of allylic oxidation sites excluding steroid dienone is 8. The fourth-order valence-corrected chi connectivity index (χ4v) is 9.32. The molecule has 3 unspecified atom stereocenters. The lowest BCUT2D eigenvalue weighted by molar-refractivity contribution is -0.161. The smallest absolute Gasteiger partial charge is 0.462 e. The van der Waals surface area contributed by atoms with Crippen LogP contribution in [0.4, 0.5) is 0 Å². The molecular weight excluding hydrogens is 952 g/mol. The molecule has 0 aromatic heterocycles. The first-order valence-corrected chi connectivity index (χ1v) is 32.0. The van der Waals surface area contributed by atoms with Crippen molar-refractivity contribution >= 4 is 25.7 Å². The first-order valence-electron chi connectivity index (χ1n) is 30.5. The maximum atomic E-state index is 12.9. The van der Waals surface area contributed by atoms with Crippen molar-refractivity contribution in [3.8, 4) is 0 Å². The average Bonchev–Trinajstić information content (AvgIpc) is 3.39. The van der Waals surface area contributed by atoms with E-state index in [2.05, 4.69) is 69.4 Å². The molecule has 0 bridgehead atoms. The van der Waals surface area contributed by atoms with Crippen molar-refractivity contribution in [1.29, 1.82) is 0 Å². The summed E-state index contributed by atoms with van der Waals surface area (Å²) in [5.74, 6) is -1.47. The fraction of sp³-hybridized carbons (Fsp3) is 0.823. The standard InChI is InChI=1S/C62H113O11P/c1-4-7-10-13-16-19-22-25-27-28-29-30-32-35-38-41-44-47-50-53-62(66)73-59(55-69-60(64)51-48-45-42-39-36-34-31-26-23-20-17-14-11-8-5-2)57-71-74(67,68)70-56-58(54-63)72-61(65)52-49-46-43-40-37-33-24-21-18-15-12-9-6-3/h16,19,25-27,29-31,58-59,63H,4-15,17-18,20-24,28,32-57H2,1-3H3,(H,67,68)/b19-16-,27-25-,30-29-,31-26-. The van der Waals surface area contributed by atoms with E-state index in [1.54, 1.807) is 0 Å². The zero-order valence-electron chi connectivity index (χ0n) is 47.8. The van der Waals surface area contributed by atoms with E-state index >= 15 is 0 Å². The summed E-state index contributed by atoms with van der Waals surface area (Å²) in [6.07, 6.45) is 60.6. The van der Waals surface area contributed by atoms with Gasteiger partial charge >= 0.3 is 25.7 Å². The zero-order chi connectivity index (χ0) is 54.1. The largest absolute Gasteiger partial charge is 0.472 e. The molecule has 0 rings (SSSR count). The van der Waals surface area contributed by atoms with Crippen molar-refractivity contribution in [2.45, 2.75) is 303 Å². The van der Waals surface area contributed by atoms with Gasteiger partial charge < -0.3 is 24.2 Å². The van der Waals surface area contributed by atoms with Gasteiger partial charge in [-0.25, -0.2) is 4.57 Å². The van der Waals surface area contributed by atoms with Gasteiger partial charge in [0.2, 0.25) is 0 Å². The minimum Gasteiger partial charge on any atom is -0.462 e. The Kier molecular flexibility index (Phi) is 54.7. The Morgan fingerprint density at radius 3 is 1.05 bits per heavy atom. The van der Waals surface area contributed by atoms with Gasteiger partial charge in [0.25, 0.3) is 0 Å². The Bertz CT molecular complexity index is 1430. The number of phosphoric ester groups is 1. The number of unbranched alkanes of at least 4 members (excludes halogenated alkanes) is 32. The summed E-state index contributed by atoms with van der Waals surface area (Å²) >= 11 is 0. The lowest BCUT2D eigenvalue weighted by atomic mass is 10.0. The Labute approximate surface area is 453 Å². The van der Waals surface area contributed by atoms with Gasteiger partial charge in [-0.2, -0.15) is 0 Å². The van der Waals surface area contributed by atoms with E-state index in [0.29, 0.717) is 19.3 Å². The van der Waals surface area contributed by atoms with Crippen LogP contribution in [0.3, 0.4) is 0 Å². The number of phosphoric acid groups is 1. The monoisotopic (exact) mass is 1060 g/mol. The summed E-state index contributed by atoms with van der Waals surface area (Å²) in [4.78, 5) is 48.6. The Hall–Kier alpha value is -2.56. The molecule has 0 saturated carbocycles. The molecule has 0 heterocycles. The number of hydrogen-bond donors (Lipinski definition) is 2. The third kappa shape index (κ3) is 54.2. The molecule has 0 saturated heterocycles. The van der Waals surface area contributed by atoms with Crippen molar-refractivity contribution in [2.75, 3.05) is 26.4 Å². The predicted molar refractivity (Wildman–Crippen MR) is 307 cm³/mol. The van der Waals surface area contributed by atoms with Gasteiger partial charge in [0.05, 0.1) is 19.8 Å². The summed E-state index contributed by atoms with van der Waals surface area (Å²) in [5.41, 5.74) is 0. The maximum Gasteiger partial charge on any atom is 0.472 e. The first-order chi connectivity index (χ1) is 36.2. The summed E-state index contributed by atoms with van der Waals surface area (Å²) < 4.78 is 39.6. The zero-order valence-corrected chi connectivity index (χ0v) is 48.7. The van der Waals surface area contributed by atoms with Gasteiger partial charge in [0.1, 0.15) is 12.7 Å². The second-order valence-corrected chi connectivity index (χ2v) is 22.0. The molecule has 0 aliphatic rings. The highest BCUT2D eigenvalue weighted by molar-refractivity contribution is 7.47. The van der Waals surface area contributed by atoms with Crippen molar-refractivity contribution in [2.24, 2.45) is 0 Å². The molecule has 2 N–H and O–H groups in total. The highest BCUT2D eigenvalue weighted by Gasteiger charge is 2.28. The number of aliphatic hydroxyl groups excluding tert-OH is 1. The topological polar surface area (TPSA) is 155 Å². The summed E-state index contributed by atoms with van der Waals surface area (Å²) in [5, 5.41) is 9.82. The van der Waals surface area contributed by atoms with Crippen LogP contribution in [-0.2, 0) is 42.2 Å². The SMILES string of the molecule is CCCCC/C=C\C/C=C\C/C=C\CCCCCCCCC(=O)OC(COC(=O)CCCCCCC/C=C\CCCCCCCC)COP(=O)(O)OCC(CO)OC(=O)CCCCCCCCCCCCCCC. The van der Waals surface area contributed by atoms with Crippen LogP contribution in [0.25, 0.3) is 0 Å². The number of hydrogen-bond acceptors (Lipinski definition) is 10. The van der Waals surface area contributed by atoms with Crippen LogP contribution in [0.15, 0.2) is 48.6 Å². The maximum absolute atomic E-state index is 12.9. The van der Waals surface area contributed by atoms with Gasteiger partial charge in [-0.1, -0.05) is 236 Å². The molecule has 12 heteroatoms. The number of esters is 3. The molecule has 0 amide bonds. The molecule has 432 valence electrons. The molecule has 0 fully saturated rings. The molecule has 0 aromatic rings. The molecule has 74 heavy (non-hydrogen) atoms. The third-order valence-corrected chi connectivity index (χ3v) is 14.2. The van der Waals surface area contributed by atoms with E-state index < -0.39 is 57.8 Å². The average molecular weight is 1070 g/mol. The molecule has 11 nitrogen and oxygen atoms in total. The predicted octanol–water partition coefficient (Wildman–Crippen LogP) is 18.1. The van der Waals surface area contributed by atoms with Crippen molar-refractivity contribution < 1.29 is 52.2 Å². The van der Waals surface area contributed by atoms with Gasteiger partial charge in [-0.05, 0) is 83.5 Å². The molecule has 3 atom stereocenters. The minimum absolute atomic E-state index is 0.153. The molecule has 0 spiro atoms. The van der Waals surface area contributed by atoms with Crippen molar-refractivity contribution in [3.05, 3.63) is 48.6 Å². The van der Waals surface area contributed by atoms with Gasteiger partial charge in [-0.15, -0.1) is 0 Å². The quantitative estimate of drug-likeness (QED) is 0.0197. The highest BCUT2D eigenvalue weighted by atomic mass is 31.2. The van der Waals surface area contributed by atoms with Crippen LogP contribution in [0.5, 0.6) is 0 Å². The van der Waals surface area contributed by atoms with Crippen LogP contribution in [0.1, 0.15) is 290 Å². The van der Waals surface area contributed by atoms with Gasteiger partial charge in [0, 0.05) is 19.3 Å². The van der Waals surface area contributed by atoms with E-state index in [0.717, 1.165) is 109 Å². The van der Waals surface area contributed by atoms with Crippen LogP contribution >= 0.6 is 7.82 Å². The highest BCUT2D eigenvalue weighted by Crippen LogP contribution is 2.43. The Morgan fingerprint density at radius 1 is 0.378 bits per heavy atom. The minimum atomic E-state index is -4.75. The number of rotatable bonds is 57. The van der Waals surface area contributed by atoms with Crippen LogP contribution in [0.2, 0.25) is 0 Å². The lowest BCUT2D eigenvalue weighted by Crippen LogP contribution is -2.30. The second-order valence-electron chi connectivity index (χ2n) is 20.5. The molecule has 0 radical (unpaired) electrons. The lowest BCUT2D eigenvalue weighted by Gasteiger charge is -2.21. The summed E-state index contributed by atoms with van der Waals surface area (Å²) in [6, 6.07) is 0. The molecular formula is C62H113O11P. The normalized spacial score (nSPS) is 13.6. The molecule has 0 aromatic carbocycles. The fourth-order valence-electron chi connectivity index (χ4n) is 8.54. The first kappa shape index (κ1) is 71.4. The number of ether oxygens (including phenoxy) is 3. The van der Waals surface area contributed by atoms with E-state index in [1.807, 2.05) is 0 Å². The summed E-state index contributed by atoms with van der Waals surface area (Å²) in [6.45, 7) is 4.63. The Balaban J connectivity index is 4.73. The van der Waals surface area contributed by atoms with Crippen LogP contribution < -0.4 is 0 Å². The second kappa shape index (κ2) is 56.6. The van der Waals surface area contributed by atoms with Gasteiger partial charge in [-0.3, -0.25) is 23.4 Å². The van der Waals surface area contributed by atoms with Crippen molar-refractivity contribution in [1.82, 2.24) is 0 Å². The molecule has 0 aliphatic heterocycles. The van der Waals surface area contributed by atoms with Crippen LogP contribution in [-0.4, -0.2) is 66.5 Å². The van der Waals surface area contributed by atoms with Crippen molar-refractivity contribution in [3.63, 3.8) is 0 Å².